The number of methoxy groups -OCH3 is 1. The average molecular weight is 513 g/mol. The van der Waals surface area contributed by atoms with Gasteiger partial charge >= 0.3 is 12.1 Å². The second-order valence-electron chi connectivity index (χ2n) is 9.92. The number of carbonyl (C=O) groups is 2. The third-order valence-electron chi connectivity index (χ3n) is 7.50. The maximum absolute atomic E-state index is 13.9. The van der Waals surface area contributed by atoms with Crippen LogP contribution in [0.1, 0.15) is 42.5 Å². The standard InChI is InChI=1S/C27H30F2N4O4/c1-16(11-17-12-20(28)14-21(29)13-17)33-23-4-3-18-5-10-32(27(36)37-2)15-22(18)24(23)30-26(33)31-8-6-19(7-9-31)25(34)35/h3-4,12-14,16,19H,5-11,15H2,1-2H3,(H,34,35)/t16-/m0/s1. The maximum Gasteiger partial charge on any atom is 0.409 e. The lowest BCUT2D eigenvalue weighted by molar-refractivity contribution is -0.142. The Bertz CT molecular complexity index is 1330. The van der Waals surface area contributed by atoms with Gasteiger partial charge in [-0.1, -0.05) is 6.07 Å². The van der Waals surface area contributed by atoms with Crippen molar-refractivity contribution in [3.8, 4) is 0 Å². The first-order valence-corrected chi connectivity index (χ1v) is 12.5. The van der Waals surface area contributed by atoms with Crippen molar-refractivity contribution in [1.82, 2.24) is 14.5 Å². The van der Waals surface area contributed by atoms with E-state index in [0.29, 0.717) is 63.4 Å². The number of nitrogens with zero attached hydrogens (tertiary/aromatic N) is 4. The number of piperidine rings is 1. The van der Waals surface area contributed by atoms with Gasteiger partial charge in [0.05, 0.1) is 30.6 Å². The zero-order valence-corrected chi connectivity index (χ0v) is 20.9. The Hall–Kier alpha value is -3.69. The summed E-state index contributed by atoms with van der Waals surface area (Å²) >= 11 is 0. The van der Waals surface area contributed by atoms with Crippen LogP contribution in [0.15, 0.2) is 30.3 Å². The van der Waals surface area contributed by atoms with Crippen LogP contribution in [0.2, 0.25) is 0 Å². The number of ether oxygens (including phenoxy) is 1. The monoisotopic (exact) mass is 512 g/mol. The summed E-state index contributed by atoms with van der Waals surface area (Å²) in [5.74, 6) is -1.71. The van der Waals surface area contributed by atoms with Gasteiger partial charge in [0.2, 0.25) is 5.95 Å². The minimum absolute atomic E-state index is 0.197. The van der Waals surface area contributed by atoms with Crippen LogP contribution in [0.3, 0.4) is 0 Å². The zero-order chi connectivity index (χ0) is 26.3. The van der Waals surface area contributed by atoms with Crippen molar-refractivity contribution >= 4 is 29.0 Å². The van der Waals surface area contributed by atoms with Crippen LogP contribution >= 0.6 is 0 Å². The van der Waals surface area contributed by atoms with E-state index in [1.165, 1.54) is 19.2 Å². The third kappa shape index (κ3) is 4.84. The second kappa shape index (κ2) is 9.99. The number of carboxylic acids is 1. The summed E-state index contributed by atoms with van der Waals surface area (Å²) in [7, 11) is 1.36. The number of hydrogen-bond acceptors (Lipinski definition) is 5. The molecule has 8 nitrogen and oxygen atoms in total. The van der Waals surface area contributed by atoms with Crippen molar-refractivity contribution in [3.05, 3.63) is 58.7 Å². The SMILES string of the molecule is COC(=O)N1CCc2ccc3c(nc(N4CCC(C(=O)O)CC4)n3[C@@H](C)Cc3cc(F)cc(F)c3)c2C1. The Kier molecular flexibility index (Phi) is 6.74. The lowest BCUT2D eigenvalue weighted by atomic mass is 9.97. The fourth-order valence-corrected chi connectivity index (χ4v) is 5.61. The molecular formula is C27H30F2N4O4. The normalized spacial score (nSPS) is 17.1. The number of aromatic nitrogens is 2. The van der Waals surface area contributed by atoms with E-state index in [-0.39, 0.29) is 18.1 Å². The predicted molar refractivity (Wildman–Crippen MR) is 134 cm³/mol. The van der Waals surface area contributed by atoms with Crippen LogP contribution in [0, 0.1) is 17.6 Å². The fourth-order valence-electron chi connectivity index (χ4n) is 5.61. The van der Waals surface area contributed by atoms with E-state index in [2.05, 4.69) is 15.5 Å². The van der Waals surface area contributed by atoms with E-state index >= 15 is 0 Å². The van der Waals surface area contributed by atoms with Crippen LogP contribution in [0.25, 0.3) is 11.0 Å². The van der Waals surface area contributed by atoms with Gasteiger partial charge in [-0.3, -0.25) is 4.79 Å². The van der Waals surface area contributed by atoms with Crippen molar-refractivity contribution in [1.29, 1.82) is 0 Å². The molecule has 37 heavy (non-hydrogen) atoms. The van der Waals surface area contributed by atoms with E-state index in [1.54, 1.807) is 4.90 Å². The Labute approximate surface area is 213 Å². The van der Waals surface area contributed by atoms with Gasteiger partial charge in [0, 0.05) is 37.3 Å². The molecule has 1 fully saturated rings. The number of aliphatic carboxylic acids is 1. The number of anilines is 1. The van der Waals surface area contributed by atoms with Crippen LogP contribution in [0.5, 0.6) is 0 Å². The van der Waals surface area contributed by atoms with Crippen LogP contribution in [-0.4, -0.2) is 58.4 Å². The number of rotatable bonds is 5. The third-order valence-corrected chi connectivity index (χ3v) is 7.50. The quantitative estimate of drug-likeness (QED) is 0.540. The molecule has 0 bridgehead atoms. The van der Waals surface area contributed by atoms with Crippen molar-refractivity contribution < 1.29 is 28.2 Å². The number of fused-ring (bicyclic) bond motifs is 3. The minimum Gasteiger partial charge on any atom is -0.481 e. The first-order chi connectivity index (χ1) is 17.7. The molecule has 0 saturated carbocycles. The lowest BCUT2D eigenvalue weighted by Gasteiger charge is -2.32. The number of benzene rings is 2. The molecule has 1 amide bonds. The van der Waals surface area contributed by atoms with Gasteiger partial charge in [-0.15, -0.1) is 0 Å². The predicted octanol–water partition coefficient (Wildman–Crippen LogP) is 4.54. The Morgan fingerprint density at radius 1 is 1.14 bits per heavy atom. The summed E-state index contributed by atoms with van der Waals surface area (Å²) in [6.07, 6.45) is 1.70. The Morgan fingerprint density at radius 3 is 2.49 bits per heavy atom. The largest absolute Gasteiger partial charge is 0.481 e. The lowest BCUT2D eigenvalue weighted by Crippen LogP contribution is -2.38. The molecule has 5 rings (SSSR count). The van der Waals surface area contributed by atoms with Crippen molar-refractivity contribution in [2.75, 3.05) is 31.6 Å². The first kappa shape index (κ1) is 25.0. The molecule has 0 unspecified atom stereocenters. The van der Waals surface area contributed by atoms with Gasteiger partial charge in [0.25, 0.3) is 0 Å². The van der Waals surface area contributed by atoms with Crippen LogP contribution in [0.4, 0.5) is 19.5 Å². The molecule has 2 aliphatic rings. The highest BCUT2D eigenvalue weighted by molar-refractivity contribution is 5.85. The number of hydrogen-bond donors (Lipinski definition) is 1. The molecule has 1 saturated heterocycles. The van der Waals surface area contributed by atoms with E-state index in [0.717, 1.165) is 28.2 Å². The molecule has 1 atom stereocenters. The molecule has 2 aliphatic heterocycles. The maximum atomic E-state index is 13.9. The molecular weight excluding hydrogens is 482 g/mol. The van der Waals surface area contributed by atoms with E-state index < -0.39 is 17.6 Å². The zero-order valence-electron chi connectivity index (χ0n) is 20.9. The molecule has 3 heterocycles. The Morgan fingerprint density at radius 2 is 1.84 bits per heavy atom. The first-order valence-electron chi connectivity index (χ1n) is 12.5. The highest BCUT2D eigenvalue weighted by Gasteiger charge is 2.31. The van der Waals surface area contributed by atoms with E-state index in [4.69, 9.17) is 9.72 Å². The highest BCUT2D eigenvalue weighted by Crippen LogP contribution is 2.35. The smallest absolute Gasteiger partial charge is 0.409 e. The second-order valence-corrected chi connectivity index (χ2v) is 9.92. The summed E-state index contributed by atoms with van der Waals surface area (Å²) in [5.41, 5.74) is 4.26. The van der Waals surface area contributed by atoms with E-state index in [1.807, 2.05) is 13.0 Å². The van der Waals surface area contributed by atoms with Crippen LogP contribution < -0.4 is 4.90 Å². The van der Waals surface area contributed by atoms with Crippen molar-refractivity contribution in [3.63, 3.8) is 0 Å². The van der Waals surface area contributed by atoms with Gasteiger partial charge < -0.3 is 24.2 Å². The number of amides is 1. The van der Waals surface area contributed by atoms with Crippen molar-refractivity contribution in [2.45, 2.75) is 45.2 Å². The minimum atomic E-state index is -0.786. The molecule has 0 radical (unpaired) electrons. The molecule has 0 aliphatic carbocycles. The molecule has 0 spiro atoms. The molecule has 3 aromatic rings. The molecule has 1 N–H and O–H groups in total. The molecule has 1 aromatic heterocycles. The summed E-state index contributed by atoms with van der Waals surface area (Å²) in [5, 5.41) is 9.44. The van der Waals surface area contributed by atoms with Crippen molar-refractivity contribution in [2.24, 2.45) is 5.92 Å². The average Bonchev–Trinajstić information content (AvgIpc) is 3.27. The summed E-state index contributed by atoms with van der Waals surface area (Å²) in [6.45, 7) is 4.00. The fraction of sp³-hybridized carbons (Fsp3) is 0.444. The number of carboxylic acid groups (broad SMARTS) is 1. The van der Waals surface area contributed by atoms with Gasteiger partial charge in [0.15, 0.2) is 0 Å². The van der Waals surface area contributed by atoms with Crippen LogP contribution in [-0.2, 0) is 28.9 Å². The molecule has 2 aromatic carbocycles. The number of imidazole rings is 1. The van der Waals surface area contributed by atoms with E-state index in [9.17, 15) is 23.5 Å². The topological polar surface area (TPSA) is 87.9 Å². The highest BCUT2D eigenvalue weighted by atomic mass is 19.1. The molecule has 196 valence electrons. The number of halogens is 2. The van der Waals surface area contributed by atoms with Gasteiger partial charge in [0.1, 0.15) is 11.6 Å². The summed E-state index contributed by atoms with van der Waals surface area (Å²) < 4.78 is 34.8. The number of carbonyl (C=O) groups excluding carboxylic acids is 1. The van der Waals surface area contributed by atoms with Gasteiger partial charge in [-0.25, -0.2) is 18.6 Å². The Balaban J connectivity index is 1.57. The van der Waals surface area contributed by atoms with Gasteiger partial charge in [-0.2, -0.15) is 0 Å². The van der Waals surface area contributed by atoms with Gasteiger partial charge in [-0.05, 0) is 61.9 Å². The molecule has 10 heteroatoms. The summed E-state index contributed by atoms with van der Waals surface area (Å²) in [6, 6.07) is 7.42. The summed E-state index contributed by atoms with van der Waals surface area (Å²) in [4.78, 5) is 32.5.